The van der Waals surface area contributed by atoms with Gasteiger partial charge in [0.05, 0.1) is 36.3 Å². The van der Waals surface area contributed by atoms with Crippen LogP contribution in [0.3, 0.4) is 0 Å². The standard InChI is InChI=1S/C12H28N.C4H10O3S/c1-5-9-13(10-6-2,11-7-3)12-8-4;1-2-3-4-8(5,6)7/h5-12H2,1-4H3;2-4H2,1H3,(H,5,6,7)/q+1;/p-1. The van der Waals surface area contributed by atoms with E-state index in [1.807, 2.05) is 6.92 Å². The second kappa shape index (κ2) is 13.5. The van der Waals surface area contributed by atoms with Crippen molar-refractivity contribution in [1.29, 1.82) is 0 Å². The van der Waals surface area contributed by atoms with E-state index in [0.717, 1.165) is 6.42 Å². The zero-order valence-electron chi connectivity index (χ0n) is 14.9. The van der Waals surface area contributed by atoms with Crippen molar-refractivity contribution in [2.45, 2.75) is 73.1 Å². The third-order valence-corrected chi connectivity index (χ3v) is 4.33. The van der Waals surface area contributed by atoms with Gasteiger partial charge in [-0.2, -0.15) is 0 Å². The minimum atomic E-state index is -3.94. The maximum Gasteiger partial charge on any atom is 0.0945 e. The van der Waals surface area contributed by atoms with E-state index in [9.17, 15) is 13.0 Å². The van der Waals surface area contributed by atoms with Crippen LogP contribution in [0.1, 0.15) is 73.1 Å². The van der Waals surface area contributed by atoms with Gasteiger partial charge in [0, 0.05) is 5.75 Å². The first-order valence-electron chi connectivity index (χ1n) is 8.59. The number of hydrogen-bond acceptors (Lipinski definition) is 3. The first-order valence-corrected chi connectivity index (χ1v) is 10.2. The Bertz CT molecular complexity index is 286. The van der Waals surface area contributed by atoms with Crippen LogP contribution in [0.25, 0.3) is 0 Å². The topological polar surface area (TPSA) is 57.2 Å². The van der Waals surface area contributed by atoms with Crippen molar-refractivity contribution in [2.75, 3.05) is 31.9 Å². The van der Waals surface area contributed by atoms with E-state index in [1.54, 1.807) is 0 Å². The maximum atomic E-state index is 9.83. The average Bonchev–Trinajstić information content (AvgIpc) is 2.37. The summed E-state index contributed by atoms with van der Waals surface area (Å²) in [4.78, 5) is 0. The monoisotopic (exact) mass is 323 g/mol. The zero-order chi connectivity index (χ0) is 16.8. The van der Waals surface area contributed by atoms with E-state index < -0.39 is 10.1 Å². The number of rotatable bonds is 11. The summed E-state index contributed by atoms with van der Waals surface area (Å²) in [6.07, 6.45) is 6.56. The molecular formula is C16H37NO3S. The highest BCUT2D eigenvalue weighted by Gasteiger charge is 2.22. The van der Waals surface area contributed by atoms with Gasteiger partial charge in [-0.25, -0.2) is 8.42 Å². The van der Waals surface area contributed by atoms with Crippen LogP contribution in [0, 0.1) is 0 Å². The second-order valence-corrected chi connectivity index (χ2v) is 7.38. The van der Waals surface area contributed by atoms with Gasteiger partial charge in [0.25, 0.3) is 0 Å². The molecule has 0 aromatic rings. The highest BCUT2D eigenvalue weighted by Crippen LogP contribution is 2.12. The van der Waals surface area contributed by atoms with E-state index in [-0.39, 0.29) is 5.75 Å². The highest BCUT2D eigenvalue weighted by atomic mass is 32.2. The third kappa shape index (κ3) is 14.6. The Hall–Kier alpha value is -0.130. The Morgan fingerprint density at radius 2 is 1.05 bits per heavy atom. The van der Waals surface area contributed by atoms with E-state index in [0.29, 0.717) is 6.42 Å². The first-order chi connectivity index (χ1) is 9.80. The molecule has 0 N–H and O–H groups in total. The molecule has 0 bridgehead atoms. The van der Waals surface area contributed by atoms with Gasteiger partial charge >= 0.3 is 0 Å². The fourth-order valence-corrected chi connectivity index (χ4v) is 3.53. The first kappa shape index (κ1) is 23.1. The predicted octanol–water partition coefficient (Wildman–Crippen LogP) is 3.77. The van der Waals surface area contributed by atoms with Gasteiger partial charge < -0.3 is 9.04 Å². The molecule has 4 nitrogen and oxygen atoms in total. The Morgan fingerprint density at radius 3 is 1.19 bits per heavy atom. The van der Waals surface area contributed by atoms with Gasteiger partial charge in [-0.1, -0.05) is 41.0 Å². The van der Waals surface area contributed by atoms with Gasteiger partial charge in [-0.15, -0.1) is 0 Å². The van der Waals surface area contributed by atoms with E-state index >= 15 is 0 Å². The van der Waals surface area contributed by atoms with Crippen molar-refractivity contribution < 1.29 is 17.5 Å². The SMILES string of the molecule is CCCCS(=O)(=O)[O-].CCC[N+](CCC)(CCC)CCC. The molecule has 0 aromatic carbocycles. The minimum absolute atomic E-state index is 0.219. The highest BCUT2D eigenvalue weighted by molar-refractivity contribution is 7.85. The number of hydrogen-bond donors (Lipinski definition) is 0. The van der Waals surface area contributed by atoms with E-state index in [1.165, 1.54) is 56.3 Å². The molecule has 0 spiro atoms. The largest absolute Gasteiger partial charge is 0.748 e. The Labute approximate surface area is 133 Å². The van der Waals surface area contributed by atoms with Crippen molar-refractivity contribution in [3.63, 3.8) is 0 Å². The molecule has 0 unspecified atom stereocenters. The molecule has 0 amide bonds. The molecule has 5 heteroatoms. The Morgan fingerprint density at radius 1 is 0.714 bits per heavy atom. The fourth-order valence-electron chi connectivity index (χ4n) is 2.89. The summed E-state index contributed by atoms with van der Waals surface area (Å²) in [5.41, 5.74) is 0. The summed E-state index contributed by atoms with van der Waals surface area (Å²) < 4.78 is 30.9. The van der Waals surface area contributed by atoms with Crippen LogP contribution >= 0.6 is 0 Å². The number of unbranched alkanes of at least 4 members (excludes halogenated alkanes) is 1. The minimum Gasteiger partial charge on any atom is -0.748 e. The lowest BCUT2D eigenvalue weighted by molar-refractivity contribution is -0.928. The molecular weight excluding hydrogens is 286 g/mol. The molecule has 130 valence electrons. The van der Waals surface area contributed by atoms with Crippen molar-refractivity contribution in [1.82, 2.24) is 0 Å². The molecule has 0 saturated carbocycles. The Balaban J connectivity index is 0. The lowest BCUT2D eigenvalue weighted by atomic mass is 10.2. The molecule has 0 heterocycles. The van der Waals surface area contributed by atoms with Crippen molar-refractivity contribution in [3.05, 3.63) is 0 Å². The van der Waals surface area contributed by atoms with Crippen LogP contribution in [0.5, 0.6) is 0 Å². The summed E-state index contributed by atoms with van der Waals surface area (Å²) >= 11 is 0. The normalized spacial score (nSPS) is 11.9. The summed E-state index contributed by atoms with van der Waals surface area (Å²) in [5.74, 6) is -0.219. The van der Waals surface area contributed by atoms with Crippen LogP contribution in [0.15, 0.2) is 0 Å². The number of nitrogens with zero attached hydrogens (tertiary/aromatic N) is 1. The smallest absolute Gasteiger partial charge is 0.0945 e. The quantitative estimate of drug-likeness (QED) is 0.429. The maximum absolute atomic E-state index is 9.83. The molecule has 0 atom stereocenters. The summed E-state index contributed by atoms with van der Waals surface area (Å²) in [7, 11) is -3.94. The number of quaternary nitrogens is 1. The molecule has 0 fully saturated rings. The van der Waals surface area contributed by atoms with Crippen LogP contribution in [-0.2, 0) is 10.1 Å². The van der Waals surface area contributed by atoms with Gasteiger partial charge in [-0.05, 0) is 32.1 Å². The van der Waals surface area contributed by atoms with Crippen LogP contribution in [0.4, 0.5) is 0 Å². The van der Waals surface area contributed by atoms with Gasteiger partial charge in [0.15, 0.2) is 0 Å². The average molecular weight is 324 g/mol. The molecule has 21 heavy (non-hydrogen) atoms. The van der Waals surface area contributed by atoms with Crippen molar-refractivity contribution >= 4 is 10.1 Å². The van der Waals surface area contributed by atoms with E-state index in [2.05, 4.69) is 27.7 Å². The fraction of sp³-hybridized carbons (Fsp3) is 1.00. The molecule has 0 radical (unpaired) electrons. The summed E-state index contributed by atoms with van der Waals surface area (Å²) in [5, 5.41) is 0. The van der Waals surface area contributed by atoms with Gasteiger partial charge in [0.1, 0.15) is 0 Å². The van der Waals surface area contributed by atoms with Crippen molar-refractivity contribution in [3.8, 4) is 0 Å². The van der Waals surface area contributed by atoms with Crippen LogP contribution in [-0.4, -0.2) is 49.4 Å². The zero-order valence-corrected chi connectivity index (χ0v) is 15.7. The molecule has 0 rings (SSSR count). The third-order valence-electron chi connectivity index (χ3n) is 3.54. The molecule has 0 aliphatic carbocycles. The summed E-state index contributed by atoms with van der Waals surface area (Å²) in [6.45, 7) is 16.6. The Kier molecular flexibility index (Phi) is 14.9. The van der Waals surface area contributed by atoms with Crippen LogP contribution in [0.2, 0.25) is 0 Å². The molecule has 0 aliphatic rings. The lowest BCUT2D eigenvalue weighted by Gasteiger charge is -2.38. The lowest BCUT2D eigenvalue weighted by Crippen LogP contribution is -2.50. The predicted molar refractivity (Wildman–Crippen MR) is 90.4 cm³/mol. The van der Waals surface area contributed by atoms with Gasteiger partial charge in [0.2, 0.25) is 0 Å². The van der Waals surface area contributed by atoms with E-state index in [4.69, 9.17) is 0 Å². The second-order valence-electron chi connectivity index (χ2n) is 5.85. The van der Waals surface area contributed by atoms with Crippen molar-refractivity contribution in [2.24, 2.45) is 0 Å². The molecule has 0 saturated heterocycles. The van der Waals surface area contributed by atoms with Crippen LogP contribution < -0.4 is 0 Å². The summed E-state index contributed by atoms with van der Waals surface area (Å²) in [6, 6.07) is 0. The molecule has 0 aliphatic heterocycles. The van der Waals surface area contributed by atoms with Gasteiger partial charge in [-0.3, -0.25) is 0 Å². The molecule has 0 aromatic heterocycles.